The van der Waals surface area contributed by atoms with Gasteiger partial charge < -0.3 is 5.73 Å². The Kier molecular flexibility index (Phi) is 3.82. The number of hydrogen-bond acceptors (Lipinski definition) is 4. The van der Waals surface area contributed by atoms with Crippen molar-refractivity contribution in [3.63, 3.8) is 0 Å². The van der Waals surface area contributed by atoms with Crippen molar-refractivity contribution in [2.24, 2.45) is 5.73 Å². The van der Waals surface area contributed by atoms with Crippen LogP contribution in [0, 0.1) is 6.92 Å². The molecule has 0 radical (unpaired) electrons. The zero-order chi connectivity index (χ0) is 14.8. The molecule has 0 aliphatic rings. The Morgan fingerprint density at radius 3 is 2.29 bits per heavy atom. The van der Waals surface area contributed by atoms with E-state index in [1.54, 1.807) is 23.7 Å². The van der Waals surface area contributed by atoms with Crippen LogP contribution < -0.4 is 5.73 Å². The highest BCUT2D eigenvalue weighted by molar-refractivity contribution is 7.15. The van der Waals surface area contributed by atoms with Gasteiger partial charge in [0.25, 0.3) is 0 Å². The summed E-state index contributed by atoms with van der Waals surface area (Å²) in [5.41, 5.74) is 10.6. The number of benzene rings is 1. The molecule has 21 heavy (non-hydrogen) atoms. The van der Waals surface area contributed by atoms with E-state index >= 15 is 0 Å². The highest BCUT2D eigenvalue weighted by Gasteiger charge is 2.16. The lowest BCUT2D eigenvalue weighted by Crippen LogP contribution is -2.04. The fourth-order valence-corrected chi connectivity index (χ4v) is 3.22. The molecule has 3 rings (SSSR count). The number of aromatic nitrogens is 2. The quantitative estimate of drug-likeness (QED) is 0.788. The van der Waals surface area contributed by atoms with Gasteiger partial charge in [0, 0.05) is 34.4 Å². The average Bonchev–Trinajstić information content (AvgIpc) is 2.94. The summed E-state index contributed by atoms with van der Waals surface area (Å²) in [6, 6.07) is 12.3. The van der Waals surface area contributed by atoms with E-state index in [1.807, 2.05) is 19.1 Å². The zero-order valence-electron chi connectivity index (χ0n) is 12.1. The number of rotatable bonds is 3. The van der Waals surface area contributed by atoms with E-state index in [0.29, 0.717) is 0 Å². The van der Waals surface area contributed by atoms with Crippen LogP contribution in [0.1, 0.15) is 23.4 Å². The molecular weight excluding hydrogens is 278 g/mol. The smallest absolute Gasteiger partial charge is 0.124 e. The van der Waals surface area contributed by atoms with Crippen LogP contribution in [-0.2, 0) is 0 Å². The molecule has 0 fully saturated rings. The van der Waals surface area contributed by atoms with Crippen LogP contribution in [0.3, 0.4) is 0 Å². The normalized spacial score (nSPS) is 12.3. The fourth-order valence-electron chi connectivity index (χ4n) is 2.18. The summed E-state index contributed by atoms with van der Waals surface area (Å²) in [4.78, 5) is 9.98. The molecule has 0 bridgehead atoms. The summed E-state index contributed by atoms with van der Waals surface area (Å²) < 4.78 is 0. The first kappa shape index (κ1) is 13.9. The lowest BCUT2D eigenvalue weighted by Gasteiger charge is -2.05. The Hall–Kier alpha value is -2.04. The maximum absolute atomic E-state index is 6.13. The maximum atomic E-state index is 6.13. The fraction of sp³-hybridized carbons (Fsp3) is 0.176. The van der Waals surface area contributed by atoms with Crippen molar-refractivity contribution in [2.45, 2.75) is 19.9 Å². The standard InChI is InChI=1S/C17H17N3S/c1-11-3-5-13(6-4-11)15-16(12(2)18)21-17(20-15)14-7-9-19-10-8-14/h3-10,12H,18H2,1-2H3. The van der Waals surface area contributed by atoms with Gasteiger partial charge in [0.1, 0.15) is 5.01 Å². The molecule has 1 aromatic carbocycles. The molecule has 106 valence electrons. The average molecular weight is 295 g/mol. The monoisotopic (exact) mass is 295 g/mol. The third-order valence-electron chi connectivity index (χ3n) is 3.32. The van der Waals surface area contributed by atoms with Gasteiger partial charge in [-0.05, 0) is 26.0 Å². The van der Waals surface area contributed by atoms with Gasteiger partial charge >= 0.3 is 0 Å². The van der Waals surface area contributed by atoms with Gasteiger partial charge in [0.05, 0.1) is 5.69 Å². The predicted molar refractivity (Wildman–Crippen MR) is 88.1 cm³/mol. The Labute approximate surface area is 128 Å². The third-order valence-corrected chi connectivity index (χ3v) is 4.62. The van der Waals surface area contributed by atoms with E-state index in [1.165, 1.54) is 5.56 Å². The maximum Gasteiger partial charge on any atom is 0.124 e. The summed E-state index contributed by atoms with van der Waals surface area (Å²) in [6.45, 7) is 4.08. The number of hydrogen-bond donors (Lipinski definition) is 1. The van der Waals surface area contributed by atoms with Crippen molar-refractivity contribution in [1.82, 2.24) is 9.97 Å². The summed E-state index contributed by atoms with van der Waals surface area (Å²) in [7, 11) is 0. The van der Waals surface area contributed by atoms with Crippen molar-refractivity contribution < 1.29 is 0 Å². The predicted octanol–water partition coefficient (Wildman–Crippen LogP) is 4.20. The van der Waals surface area contributed by atoms with Gasteiger partial charge in [-0.3, -0.25) is 4.98 Å². The zero-order valence-corrected chi connectivity index (χ0v) is 12.9. The van der Waals surface area contributed by atoms with E-state index in [0.717, 1.165) is 26.7 Å². The minimum absolute atomic E-state index is 0.0330. The molecule has 2 N–H and O–H groups in total. The summed E-state index contributed by atoms with van der Waals surface area (Å²) in [5.74, 6) is 0. The van der Waals surface area contributed by atoms with Crippen molar-refractivity contribution in [3.8, 4) is 21.8 Å². The van der Waals surface area contributed by atoms with Crippen molar-refractivity contribution in [2.75, 3.05) is 0 Å². The lowest BCUT2D eigenvalue weighted by atomic mass is 10.1. The van der Waals surface area contributed by atoms with Gasteiger partial charge in [-0.1, -0.05) is 29.8 Å². The number of nitrogens with two attached hydrogens (primary N) is 1. The number of pyridine rings is 1. The second-order valence-corrected chi connectivity index (χ2v) is 6.15. The molecule has 0 aliphatic heterocycles. The molecule has 0 amide bonds. The van der Waals surface area contributed by atoms with Crippen LogP contribution in [0.25, 0.3) is 21.8 Å². The number of thiazole rings is 1. The SMILES string of the molecule is Cc1ccc(-c2nc(-c3ccncc3)sc2C(C)N)cc1. The molecule has 0 saturated carbocycles. The highest BCUT2D eigenvalue weighted by Crippen LogP contribution is 2.36. The first-order valence-corrected chi connectivity index (χ1v) is 7.70. The molecule has 0 aliphatic carbocycles. The lowest BCUT2D eigenvalue weighted by molar-refractivity contribution is 0.837. The van der Waals surface area contributed by atoms with Crippen LogP contribution in [-0.4, -0.2) is 9.97 Å². The first-order valence-electron chi connectivity index (χ1n) is 6.89. The molecule has 0 spiro atoms. The molecule has 3 aromatic rings. The molecule has 4 heteroatoms. The summed E-state index contributed by atoms with van der Waals surface area (Å²) in [5, 5.41) is 0.986. The van der Waals surface area contributed by atoms with E-state index in [-0.39, 0.29) is 6.04 Å². The topological polar surface area (TPSA) is 51.8 Å². The molecule has 1 atom stereocenters. The van der Waals surface area contributed by atoms with E-state index in [4.69, 9.17) is 10.7 Å². The third kappa shape index (κ3) is 2.86. The summed E-state index contributed by atoms with van der Waals surface area (Å²) >= 11 is 1.66. The second kappa shape index (κ2) is 5.76. The first-order chi connectivity index (χ1) is 10.1. The van der Waals surface area contributed by atoms with Gasteiger partial charge in [0.2, 0.25) is 0 Å². The largest absolute Gasteiger partial charge is 0.323 e. The van der Waals surface area contributed by atoms with E-state index in [9.17, 15) is 0 Å². The minimum atomic E-state index is -0.0330. The van der Waals surface area contributed by atoms with E-state index < -0.39 is 0 Å². The minimum Gasteiger partial charge on any atom is -0.323 e. The van der Waals surface area contributed by atoms with Crippen LogP contribution in [0.4, 0.5) is 0 Å². The second-order valence-electron chi connectivity index (χ2n) is 5.12. The number of nitrogens with zero attached hydrogens (tertiary/aromatic N) is 2. The number of aryl methyl sites for hydroxylation is 1. The van der Waals surface area contributed by atoms with Gasteiger partial charge in [-0.2, -0.15) is 0 Å². The Bertz CT molecular complexity index is 730. The van der Waals surface area contributed by atoms with E-state index in [2.05, 4.69) is 36.2 Å². The molecule has 2 aromatic heterocycles. The molecule has 1 unspecified atom stereocenters. The molecule has 0 saturated heterocycles. The van der Waals surface area contributed by atoms with Crippen LogP contribution in [0.5, 0.6) is 0 Å². The Morgan fingerprint density at radius 2 is 1.67 bits per heavy atom. The molecular formula is C17H17N3S. The summed E-state index contributed by atoms with van der Waals surface area (Å²) in [6.07, 6.45) is 3.57. The van der Waals surface area contributed by atoms with Crippen molar-refractivity contribution >= 4 is 11.3 Å². The van der Waals surface area contributed by atoms with Gasteiger partial charge in [0.15, 0.2) is 0 Å². The van der Waals surface area contributed by atoms with Crippen LogP contribution in [0.2, 0.25) is 0 Å². The van der Waals surface area contributed by atoms with Crippen molar-refractivity contribution in [3.05, 3.63) is 59.2 Å². The van der Waals surface area contributed by atoms with Gasteiger partial charge in [-0.15, -0.1) is 11.3 Å². The van der Waals surface area contributed by atoms with Crippen LogP contribution >= 0.6 is 11.3 Å². The Balaban J connectivity index is 2.11. The molecule has 2 heterocycles. The van der Waals surface area contributed by atoms with Crippen molar-refractivity contribution in [1.29, 1.82) is 0 Å². The highest BCUT2D eigenvalue weighted by atomic mass is 32.1. The van der Waals surface area contributed by atoms with Gasteiger partial charge in [-0.25, -0.2) is 4.98 Å². The molecule has 3 nitrogen and oxygen atoms in total. The Morgan fingerprint density at radius 1 is 1.00 bits per heavy atom. The van der Waals surface area contributed by atoms with Crippen LogP contribution in [0.15, 0.2) is 48.8 Å².